The molecule has 0 spiro atoms. The van der Waals surface area contributed by atoms with Crippen LogP contribution >= 0.6 is 15.9 Å². The summed E-state index contributed by atoms with van der Waals surface area (Å²) in [6.07, 6.45) is 0. The number of aromatic nitrogens is 2. The van der Waals surface area contributed by atoms with E-state index < -0.39 is 0 Å². The lowest BCUT2D eigenvalue weighted by atomic mass is 10.2. The minimum Gasteiger partial charge on any atom is -0.261 e. The molecule has 68 valence electrons. The van der Waals surface area contributed by atoms with Gasteiger partial charge in [-0.25, -0.2) is 4.39 Å². The summed E-state index contributed by atoms with van der Waals surface area (Å²) in [4.78, 5) is 0. The van der Waals surface area contributed by atoms with Gasteiger partial charge in [-0.05, 0) is 35.0 Å². The van der Waals surface area contributed by atoms with Crippen LogP contribution in [0.25, 0.3) is 10.9 Å². The van der Waals surface area contributed by atoms with Crippen LogP contribution in [0.5, 0.6) is 0 Å². The summed E-state index contributed by atoms with van der Waals surface area (Å²) in [5, 5.41) is 4.98. The molecule has 13 heavy (non-hydrogen) atoms. The van der Waals surface area contributed by atoms with Crippen LogP contribution in [0.15, 0.2) is 22.8 Å². The number of benzene rings is 1. The summed E-state index contributed by atoms with van der Waals surface area (Å²) < 4.78 is 15.7. The first-order chi connectivity index (χ1) is 6.24. The fraction of sp³-hybridized carbons (Fsp3) is 0.222. The first-order valence-electron chi connectivity index (χ1n) is 4.04. The molecule has 0 N–H and O–H groups in total. The molecular weight excluding hydrogens is 235 g/mol. The van der Waals surface area contributed by atoms with Crippen molar-refractivity contribution in [3.8, 4) is 0 Å². The second-order valence-electron chi connectivity index (χ2n) is 2.74. The van der Waals surface area contributed by atoms with Crippen molar-refractivity contribution in [2.45, 2.75) is 13.5 Å². The van der Waals surface area contributed by atoms with Gasteiger partial charge >= 0.3 is 0 Å². The van der Waals surface area contributed by atoms with Gasteiger partial charge in [0.1, 0.15) is 15.9 Å². The third kappa shape index (κ3) is 1.25. The van der Waals surface area contributed by atoms with Crippen molar-refractivity contribution in [2.24, 2.45) is 0 Å². The summed E-state index contributed by atoms with van der Waals surface area (Å²) in [5.41, 5.74) is 0.567. The zero-order valence-corrected chi connectivity index (χ0v) is 8.68. The zero-order valence-electron chi connectivity index (χ0n) is 7.09. The summed E-state index contributed by atoms with van der Waals surface area (Å²) in [7, 11) is 0. The maximum Gasteiger partial charge on any atom is 0.149 e. The molecule has 4 heteroatoms. The molecule has 1 aromatic heterocycles. The van der Waals surface area contributed by atoms with Crippen LogP contribution in [0.4, 0.5) is 4.39 Å². The molecule has 0 amide bonds. The maximum atomic E-state index is 13.4. The minimum atomic E-state index is -0.224. The third-order valence-corrected chi connectivity index (χ3v) is 2.56. The Hall–Kier alpha value is -0.900. The van der Waals surface area contributed by atoms with E-state index in [2.05, 4.69) is 21.0 Å². The van der Waals surface area contributed by atoms with Gasteiger partial charge in [0, 0.05) is 11.9 Å². The van der Waals surface area contributed by atoms with E-state index in [0.29, 0.717) is 16.7 Å². The summed E-state index contributed by atoms with van der Waals surface area (Å²) in [5.74, 6) is -0.224. The number of fused-ring (bicyclic) bond motifs is 1. The average molecular weight is 243 g/mol. The van der Waals surface area contributed by atoms with E-state index in [9.17, 15) is 4.39 Å². The van der Waals surface area contributed by atoms with Gasteiger partial charge in [-0.15, -0.1) is 0 Å². The highest BCUT2D eigenvalue weighted by Gasteiger charge is 2.10. The van der Waals surface area contributed by atoms with Crippen LogP contribution in [0.3, 0.4) is 0 Å². The number of rotatable bonds is 1. The summed E-state index contributed by atoms with van der Waals surface area (Å²) >= 11 is 3.29. The average Bonchev–Trinajstić information content (AvgIpc) is 2.45. The molecule has 1 heterocycles. The van der Waals surface area contributed by atoms with Gasteiger partial charge in [0.2, 0.25) is 0 Å². The number of halogens is 2. The first-order valence-corrected chi connectivity index (χ1v) is 4.84. The van der Waals surface area contributed by atoms with Gasteiger partial charge in [-0.1, -0.05) is 6.07 Å². The van der Waals surface area contributed by atoms with Gasteiger partial charge in [0.15, 0.2) is 0 Å². The minimum absolute atomic E-state index is 0.224. The number of aryl methyl sites for hydroxylation is 1. The molecular formula is C9H8BrFN2. The van der Waals surface area contributed by atoms with Gasteiger partial charge in [-0.2, -0.15) is 5.10 Å². The molecule has 2 rings (SSSR count). The van der Waals surface area contributed by atoms with Crippen LogP contribution in [-0.2, 0) is 6.54 Å². The first kappa shape index (κ1) is 8.69. The van der Waals surface area contributed by atoms with Crippen LogP contribution in [0.1, 0.15) is 6.92 Å². The fourth-order valence-electron chi connectivity index (χ4n) is 1.38. The van der Waals surface area contributed by atoms with E-state index in [4.69, 9.17) is 0 Å². The van der Waals surface area contributed by atoms with Crippen LogP contribution in [0, 0.1) is 5.82 Å². The Morgan fingerprint density at radius 3 is 3.00 bits per heavy atom. The monoisotopic (exact) mass is 242 g/mol. The van der Waals surface area contributed by atoms with Crippen molar-refractivity contribution >= 4 is 26.8 Å². The Morgan fingerprint density at radius 1 is 1.54 bits per heavy atom. The Bertz CT molecular complexity index is 450. The molecule has 2 aromatic rings. The molecule has 0 fully saturated rings. The second kappa shape index (κ2) is 3.10. The second-order valence-corrected chi connectivity index (χ2v) is 3.49. The smallest absolute Gasteiger partial charge is 0.149 e. The van der Waals surface area contributed by atoms with E-state index in [1.54, 1.807) is 10.7 Å². The maximum absolute atomic E-state index is 13.4. The lowest BCUT2D eigenvalue weighted by molar-refractivity contribution is 0.609. The molecule has 1 aromatic carbocycles. The van der Waals surface area contributed by atoms with E-state index in [0.717, 1.165) is 5.39 Å². The van der Waals surface area contributed by atoms with Crippen LogP contribution < -0.4 is 0 Å². The SMILES string of the molecule is CCn1nc(Br)c2cccc(F)c21. The van der Waals surface area contributed by atoms with Crippen molar-refractivity contribution in [3.63, 3.8) is 0 Å². The van der Waals surface area contributed by atoms with Gasteiger partial charge < -0.3 is 0 Å². The molecule has 0 saturated carbocycles. The van der Waals surface area contributed by atoms with Crippen molar-refractivity contribution in [3.05, 3.63) is 28.6 Å². The molecule has 0 atom stereocenters. The lowest BCUT2D eigenvalue weighted by Crippen LogP contribution is -1.97. The highest BCUT2D eigenvalue weighted by atomic mass is 79.9. The quantitative estimate of drug-likeness (QED) is 0.752. The lowest BCUT2D eigenvalue weighted by Gasteiger charge is -1.97. The Morgan fingerprint density at radius 2 is 2.31 bits per heavy atom. The topological polar surface area (TPSA) is 17.8 Å². The molecule has 0 unspecified atom stereocenters. The third-order valence-electron chi connectivity index (χ3n) is 1.98. The van der Waals surface area contributed by atoms with Gasteiger partial charge in [0.25, 0.3) is 0 Å². The molecule has 0 aliphatic carbocycles. The Kier molecular flexibility index (Phi) is 2.07. The molecule has 0 bridgehead atoms. The number of nitrogens with zero attached hydrogens (tertiary/aromatic N) is 2. The number of hydrogen-bond donors (Lipinski definition) is 0. The molecule has 0 saturated heterocycles. The standard InChI is InChI=1S/C9H8BrFN2/c1-2-13-8-6(9(10)12-13)4-3-5-7(8)11/h3-5H,2H2,1H3. The predicted octanol–water partition coefficient (Wildman–Crippen LogP) is 2.96. The molecule has 0 aliphatic rings. The molecule has 2 nitrogen and oxygen atoms in total. The van der Waals surface area contributed by atoms with E-state index >= 15 is 0 Å². The zero-order chi connectivity index (χ0) is 9.42. The highest BCUT2D eigenvalue weighted by molar-refractivity contribution is 9.10. The largest absolute Gasteiger partial charge is 0.261 e. The van der Waals surface area contributed by atoms with Crippen molar-refractivity contribution in [1.82, 2.24) is 9.78 Å². The predicted molar refractivity (Wildman–Crippen MR) is 53.1 cm³/mol. The van der Waals surface area contributed by atoms with Crippen molar-refractivity contribution in [1.29, 1.82) is 0 Å². The number of hydrogen-bond acceptors (Lipinski definition) is 1. The van der Waals surface area contributed by atoms with Crippen LogP contribution in [0.2, 0.25) is 0 Å². The molecule has 0 radical (unpaired) electrons. The van der Waals surface area contributed by atoms with E-state index in [1.807, 2.05) is 13.0 Å². The van der Waals surface area contributed by atoms with Crippen molar-refractivity contribution in [2.75, 3.05) is 0 Å². The highest BCUT2D eigenvalue weighted by Crippen LogP contribution is 2.24. The Balaban J connectivity index is 2.89. The van der Waals surface area contributed by atoms with Crippen LogP contribution in [-0.4, -0.2) is 9.78 Å². The van der Waals surface area contributed by atoms with Gasteiger partial charge in [0.05, 0.1) is 0 Å². The van der Waals surface area contributed by atoms with Gasteiger partial charge in [-0.3, -0.25) is 4.68 Å². The fourth-order valence-corrected chi connectivity index (χ4v) is 1.89. The number of para-hydroxylation sites is 1. The summed E-state index contributed by atoms with van der Waals surface area (Å²) in [6, 6.07) is 4.98. The van der Waals surface area contributed by atoms with E-state index in [-0.39, 0.29) is 5.82 Å². The molecule has 0 aliphatic heterocycles. The normalized spacial score (nSPS) is 11.0. The summed E-state index contributed by atoms with van der Waals surface area (Å²) in [6.45, 7) is 2.61. The Labute approximate surface area is 83.5 Å². The van der Waals surface area contributed by atoms with Crippen molar-refractivity contribution < 1.29 is 4.39 Å². The van der Waals surface area contributed by atoms with E-state index in [1.165, 1.54) is 6.07 Å².